The minimum absolute atomic E-state index is 0.119. The first-order valence-corrected chi connectivity index (χ1v) is 9.66. The third-order valence-corrected chi connectivity index (χ3v) is 4.16. The van der Waals surface area contributed by atoms with Crippen LogP contribution in [0.3, 0.4) is 0 Å². The first-order valence-electron chi connectivity index (χ1n) is 9.66. The summed E-state index contributed by atoms with van der Waals surface area (Å²) in [7, 11) is 0. The van der Waals surface area contributed by atoms with Gasteiger partial charge in [-0.15, -0.1) is 0 Å². The van der Waals surface area contributed by atoms with Crippen LogP contribution in [0.5, 0.6) is 11.5 Å². The normalized spacial score (nSPS) is 10.6. The molecule has 8 heteroatoms. The highest BCUT2D eigenvalue weighted by atomic mass is 16.5. The molecule has 0 unspecified atom stereocenters. The predicted octanol–water partition coefficient (Wildman–Crippen LogP) is 2.57. The van der Waals surface area contributed by atoms with Gasteiger partial charge in [-0.1, -0.05) is 6.07 Å². The molecule has 3 rings (SSSR count). The summed E-state index contributed by atoms with van der Waals surface area (Å²) in [4.78, 5) is 20.6. The number of nitrogens with zero attached hydrogens (tertiary/aromatic N) is 3. The molecule has 3 aromatic rings. The number of H-pyrrole nitrogens is 1. The molecule has 0 aliphatic carbocycles. The number of hydrogen-bond acceptors (Lipinski definition) is 6. The van der Waals surface area contributed by atoms with Gasteiger partial charge < -0.3 is 14.8 Å². The molecule has 0 saturated carbocycles. The van der Waals surface area contributed by atoms with Gasteiger partial charge in [-0.2, -0.15) is 5.10 Å². The largest absolute Gasteiger partial charge is 0.494 e. The average molecular weight is 395 g/mol. The second kappa shape index (κ2) is 10.2. The summed E-state index contributed by atoms with van der Waals surface area (Å²) in [6.07, 6.45) is 4.15. The van der Waals surface area contributed by atoms with Gasteiger partial charge in [0.2, 0.25) is 5.91 Å². The Morgan fingerprint density at radius 2 is 1.90 bits per heavy atom. The lowest BCUT2D eigenvalue weighted by Gasteiger charge is -2.13. The van der Waals surface area contributed by atoms with Crippen molar-refractivity contribution in [2.24, 2.45) is 0 Å². The van der Waals surface area contributed by atoms with Crippen molar-refractivity contribution in [2.45, 2.75) is 26.7 Å². The highest BCUT2D eigenvalue weighted by Gasteiger charge is 2.11. The van der Waals surface area contributed by atoms with Crippen molar-refractivity contribution in [1.82, 2.24) is 25.5 Å². The zero-order chi connectivity index (χ0) is 20.5. The molecule has 1 amide bonds. The number of hydrogen-bond donors (Lipinski definition) is 2. The van der Waals surface area contributed by atoms with Crippen LogP contribution in [0.2, 0.25) is 0 Å². The lowest BCUT2D eigenvalue weighted by Crippen LogP contribution is -2.27. The molecule has 0 atom stereocenters. The maximum atomic E-state index is 12.2. The fraction of sp³-hybridized carbons (Fsp3) is 0.333. The number of aromatic nitrogens is 4. The zero-order valence-corrected chi connectivity index (χ0v) is 16.6. The molecule has 0 saturated heterocycles. The number of amides is 1. The van der Waals surface area contributed by atoms with Crippen molar-refractivity contribution in [3.63, 3.8) is 0 Å². The lowest BCUT2D eigenvalue weighted by molar-refractivity contribution is -0.120. The first-order chi connectivity index (χ1) is 14.2. The first kappa shape index (κ1) is 20.3. The van der Waals surface area contributed by atoms with Crippen LogP contribution in [0.1, 0.15) is 25.2 Å². The van der Waals surface area contributed by atoms with Gasteiger partial charge in [0.15, 0.2) is 5.82 Å². The second-order valence-corrected chi connectivity index (χ2v) is 6.25. The van der Waals surface area contributed by atoms with Crippen molar-refractivity contribution >= 4 is 5.91 Å². The summed E-state index contributed by atoms with van der Waals surface area (Å²) in [5.74, 6) is 2.51. The minimum Gasteiger partial charge on any atom is -0.494 e. The lowest BCUT2D eigenvalue weighted by atomic mass is 10.1. The summed E-state index contributed by atoms with van der Waals surface area (Å²) in [6.45, 7) is 5.55. The second-order valence-electron chi connectivity index (χ2n) is 6.25. The summed E-state index contributed by atoms with van der Waals surface area (Å²) in [6, 6.07) is 9.41. The van der Waals surface area contributed by atoms with Gasteiger partial charge in [0.1, 0.15) is 17.3 Å². The number of rotatable bonds is 10. The van der Waals surface area contributed by atoms with Gasteiger partial charge >= 0.3 is 0 Å². The van der Waals surface area contributed by atoms with Crippen molar-refractivity contribution in [3.05, 3.63) is 54.1 Å². The Morgan fingerprint density at radius 3 is 2.66 bits per heavy atom. The summed E-state index contributed by atoms with van der Waals surface area (Å²) >= 11 is 0. The maximum absolute atomic E-state index is 12.2. The fourth-order valence-corrected chi connectivity index (χ4v) is 2.84. The highest BCUT2D eigenvalue weighted by Crippen LogP contribution is 2.25. The van der Waals surface area contributed by atoms with Gasteiger partial charge in [-0.25, -0.2) is 4.98 Å². The van der Waals surface area contributed by atoms with Crippen LogP contribution in [0.25, 0.3) is 11.4 Å². The topological polar surface area (TPSA) is 102 Å². The quantitative estimate of drug-likeness (QED) is 0.547. The molecule has 29 heavy (non-hydrogen) atoms. The Morgan fingerprint density at radius 1 is 1.10 bits per heavy atom. The van der Waals surface area contributed by atoms with Crippen LogP contribution in [-0.4, -0.2) is 45.8 Å². The molecule has 1 aromatic carbocycles. The van der Waals surface area contributed by atoms with Gasteiger partial charge in [0.05, 0.1) is 19.6 Å². The van der Waals surface area contributed by atoms with Crippen LogP contribution in [0.15, 0.2) is 42.7 Å². The molecule has 2 N–H and O–H groups in total. The summed E-state index contributed by atoms with van der Waals surface area (Å²) in [5, 5.41) is 9.88. The van der Waals surface area contributed by atoms with E-state index in [9.17, 15) is 4.79 Å². The Labute approximate surface area is 169 Å². The van der Waals surface area contributed by atoms with E-state index in [-0.39, 0.29) is 12.3 Å². The molecule has 0 radical (unpaired) electrons. The molecule has 2 aromatic heterocycles. The van der Waals surface area contributed by atoms with Crippen molar-refractivity contribution < 1.29 is 14.3 Å². The van der Waals surface area contributed by atoms with Crippen LogP contribution in [-0.2, 0) is 17.6 Å². The van der Waals surface area contributed by atoms with Gasteiger partial charge in [0, 0.05) is 30.6 Å². The maximum Gasteiger partial charge on any atom is 0.227 e. The van der Waals surface area contributed by atoms with Crippen molar-refractivity contribution in [3.8, 4) is 22.9 Å². The average Bonchev–Trinajstić information content (AvgIpc) is 3.19. The monoisotopic (exact) mass is 395 g/mol. The van der Waals surface area contributed by atoms with Crippen LogP contribution in [0.4, 0.5) is 0 Å². The van der Waals surface area contributed by atoms with E-state index in [0.717, 1.165) is 22.6 Å². The van der Waals surface area contributed by atoms with Crippen LogP contribution in [0, 0.1) is 0 Å². The van der Waals surface area contributed by atoms with Crippen LogP contribution >= 0.6 is 0 Å². The molecule has 2 heterocycles. The molecule has 0 aliphatic heterocycles. The van der Waals surface area contributed by atoms with E-state index < -0.39 is 0 Å². The van der Waals surface area contributed by atoms with E-state index in [1.165, 1.54) is 0 Å². The zero-order valence-electron chi connectivity index (χ0n) is 16.6. The molecule has 8 nitrogen and oxygen atoms in total. The van der Waals surface area contributed by atoms with E-state index in [4.69, 9.17) is 9.47 Å². The highest BCUT2D eigenvalue weighted by molar-refractivity contribution is 5.77. The molecular weight excluding hydrogens is 370 g/mol. The van der Waals surface area contributed by atoms with E-state index in [1.807, 2.05) is 44.2 Å². The summed E-state index contributed by atoms with van der Waals surface area (Å²) in [5.41, 5.74) is 1.87. The number of pyridine rings is 1. The van der Waals surface area contributed by atoms with E-state index in [2.05, 4.69) is 25.5 Å². The predicted molar refractivity (Wildman–Crippen MR) is 109 cm³/mol. The van der Waals surface area contributed by atoms with Crippen LogP contribution < -0.4 is 14.8 Å². The smallest absolute Gasteiger partial charge is 0.227 e. The molecule has 0 spiro atoms. The minimum atomic E-state index is -0.119. The number of aromatic amines is 1. The summed E-state index contributed by atoms with van der Waals surface area (Å²) < 4.78 is 11.2. The van der Waals surface area contributed by atoms with Gasteiger partial charge in [-0.05, 0) is 44.0 Å². The molecule has 0 fully saturated rings. The molecule has 0 aliphatic rings. The van der Waals surface area contributed by atoms with E-state index in [1.54, 1.807) is 12.4 Å². The number of benzene rings is 1. The van der Waals surface area contributed by atoms with Crippen molar-refractivity contribution in [2.75, 3.05) is 19.8 Å². The number of nitrogens with one attached hydrogen (secondary N) is 2. The SMILES string of the molecule is CCOc1ccc(CCNC(=O)Cc2nc(-c3ccncc3)n[nH]2)c(OCC)c1. The standard InChI is InChI=1S/C21H25N5O3/c1-3-28-17-6-5-15(18(13-17)29-4-2)9-12-23-20(27)14-19-24-21(26-25-19)16-7-10-22-11-8-16/h5-8,10-11,13H,3-4,9,12,14H2,1-2H3,(H,23,27)(H,24,25,26). The number of carbonyl (C=O) groups is 1. The van der Waals surface area contributed by atoms with Crippen molar-refractivity contribution in [1.29, 1.82) is 0 Å². The Hall–Kier alpha value is -3.42. The van der Waals surface area contributed by atoms with E-state index >= 15 is 0 Å². The third kappa shape index (κ3) is 5.78. The Kier molecular flexibility index (Phi) is 7.16. The molecular formula is C21H25N5O3. The molecule has 0 bridgehead atoms. The number of ether oxygens (including phenoxy) is 2. The Balaban J connectivity index is 1.52. The number of carbonyl (C=O) groups excluding carboxylic acids is 1. The third-order valence-electron chi connectivity index (χ3n) is 4.16. The van der Waals surface area contributed by atoms with Gasteiger partial charge in [0.25, 0.3) is 0 Å². The molecule has 152 valence electrons. The fourth-order valence-electron chi connectivity index (χ4n) is 2.84. The van der Waals surface area contributed by atoms with Gasteiger partial charge in [-0.3, -0.25) is 14.9 Å². The van der Waals surface area contributed by atoms with E-state index in [0.29, 0.717) is 37.8 Å². The Bertz CT molecular complexity index is 927.